The molecule has 1 aliphatic heterocycles. The molecule has 84 valence electrons. The molecule has 1 aliphatic rings. The molecule has 1 rings (SSSR count). The van der Waals surface area contributed by atoms with Crippen molar-refractivity contribution in [3.05, 3.63) is 0 Å². The summed E-state index contributed by atoms with van der Waals surface area (Å²) in [5.74, 6) is 1.43. The van der Waals surface area contributed by atoms with Crippen molar-refractivity contribution in [3.8, 4) is 0 Å². The fraction of sp³-hybridized carbons (Fsp3) is 1.00. The number of ether oxygens (including phenoxy) is 1. The molecule has 2 unspecified atom stereocenters. The van der Waals surface area contributed by atoms with Gasteiger partial charge in [0.2, 0.25) is 0 Å². The molecule has 0 aromatic carbocycles. The van der Waals surface area contributed by atoms with Crippen molar-refractivity contribution in [3.63, 3.8) is 0 Å². The molecule has 0 aliphatic carbocycles. The molecule has 2 heteroatoms. The molecule has 1 saturated heterocycles. The summed E-state index contributed by atoms with van der Waals surface area (Å²) in [7, 11) is 0. The Bertz CT molecular complexity index is 141. The summed E-state index contributed by atoms with van der Waals surface area (Å²) < 4.78 is 5.60. The minimum atomic E-state index is 0.556. The quantitative estimate of drug-likeness (QED) is 0.713. The van der Waals surface area contributed by atoms with Gasteiger partial charge in [0.05, 0.1) is 6.10 Å². The molecule has 0 saturated carbocycles. The number of rotatable bonds is 6. The molecule has 0 aromatic rings. The van der Waals surface area contributed by atoms with Gasteiger partial charge in [-0.3, -0.25) is 0 Å². The maximum absolute atomic E-state index is 5.74. The van der Waals surface area contributed by atoms with Gasteiger partial charge in [0.25, 0.3) is 0 Å². The molecule has 14 heavy (non-hydrogen) atoms. The first kappa shape index (κ1) is 12.0. The minimum absolute atomic E-state index is 0.556. The lowest BCUT2D eigenvalue weighted by Gasteiger charge is -2.19. The van der Waals surface area contributed by atoms with Gasteiger partial charge in [-0.15, -0.1) is 0 Å². The van der Waals surface area contributed by atoms with E-state index in [1.54, 1.807) is 0 Å². The van der Waals surface area contributed by atoms with Crippen LogP contribution in [0.1, 0.15) is 46.0 Å². The predicted molar refractivity (Wildman–Crippen MR) is 60.2 cm³/mol. The minimum Gasteiger partial charge on any atom is -0.378 e. The normalized spacial score (nSPS) is 24.4. The molecule has 1 fully saturated rings. The molecule has 2 nitrogen and oxygen atoms in total. The average molecular weight is 199 g/mol. The highest BCUT2D eigenvalue weighted by molar-refractivity contribution is 4.68. The van der Waals surface area contributed by atoms with Crippen molar-refractivity contribution in [2.75, 3.05) is 13.2 Å². The zero-order chi connectivity index (χ0) is 10.4. The van der Waals surface area contributed by atoms with Crippen molar-refractivity contribution < 1.29 is 4.74 Å². The molecule has 2 atom stereocenters. The van der Waals surface area contributed by atoms with Crippen LogP contribution in [-0.4, -0.2) is 19.3 Å². The van der Waals surface area contributed by atoms with Crippen LogP contribution in [0.3, 0.4) is 0 Å². The van der Waals surface area contributed by atoms with Crippen LogP contribution in [0, 0.1) is 11.8 Å². The fourth-order valence-corrected chi connectivity index (χ4v) is 2.20. The first-order valence-electron chi connectivity index (χ1n) is 6.05. The van der Waals surface area contributed by atoms with Gasteiger partial charge in [-0.2, -0.15) is 0 Å². The van der Waals surface area contributed by atoms with E-state index in [1.807, 2.05) is 0 Å². The monoisotopic (exact) mass is 199 g/mol. The third kappa shape index (κ3) is 3.97. The maximum Gasteiger partial charge on any atom is 0.0576 e. The highest BCUT2D eigenvalue weighted by Crippen LogP contribution is 2.21. The molecule has 1 heterocycles. The van der Waals surface area contributed by atoms with E-state index >= 15 is 0 Å². The van der Waals surface area contributed by atoms with E-state index < -0.39 is 0 Å². The van der Waals surface area contributed by atoms with Crippen molar-refractivity contribution >= 4 is 0 Å². The second-order valence-corrected chi connectivity index (χ2v) is 4.81. The van der Waals surface area contributed by atoms with E-state index in [1.165, 1.54) is 32.1 Å². The molecule has 0 spiro atoms. The van der Waals surface area contributed by atoms with E-state index in [-0.39, 0.29) is 0 Å². The number of nitrogens with two attached hydrogens (primary N) is 1. The largest absolute Gasteiger partial charge is 0.378 e. The van der Waals surface area contributed by atoms with Crippen molar-refractivity contribution in [1.82, 2.24) is 0 Å². The average Bonchev–Trinajstić information content (AvgIpc) is 2.64. The van der Waals surface area contributed by atoms with Crippen molar-refractivity contribution in [2.45, 2.75) is 52.1 Å². The van der Waals surface area contributed by atoms with Crippen LogP contribution in [0.5, 0.6) is 0 Å². The van der Waals surface area contributed by atoms with Crippen LogP contribution in [-0.2, 0) is 4.74 Å². The molecule has 0 bridgehead atoms. The Hall–Kier alpha value is -0.0800. The van der Waals surface area contributed by atoms with Gasteiger partial charge in [0.15, 0.2) is 0 Å². The van der Waals surface area contributed by atoms with E-state index in [4.69, 9.17) is 10.5 Å². The lowest BCUT2D eigenvalue weighted by atomic mass is 9.90. The van der Waals surface area contributed by atoms with Crippen LogP contribution >= 0.6 is 0 Å². The molecule has 2 N–H and O–H groups in total. The van der Waals surface area contributed by atoms with Gasteiger partial charge < -0.3 is 10.5 Å². The van der Waals surface area contributed by atoms with Gasteiger partial charge in [-0.05, 0) is 44.1 Å². The van der Waals surface area contributed by atoms with E-state index in [9.17, 15) is 0 Å². The predicted octanol–water partition coefficient (Wildman–Crippen LogP) is 2.57. The highest BCUT2D eigenvalue weighted by Gasteiger charge is 2.16. The third-order valence-corrected chi connectivity index (χ3v) is 3.37. The summed E-state index contributed by atoms with van der Waals surface area (Å²) in [6, 6.07) is 0. The first-order valence-corrected chi connectivity index (χ1v) is 6.05. The van der Waals surface area contributed by atoms with Gasteiger partial charge in [0.1, 0.15) is 0 Å². The second-order valence-electron chi connectivity index (χ2n) is 4.81. The van der Waals surface area contributed by atoms with Gasteiger partial charge in [-0.25, -0.2) is 0 Å². The maximum atomic E-state index is 5.74. The SMILES string of the molecule is CC(C)C(CN)CCCC1CCCO1. The molecule has 0 radical (unpaired) electrons. The summed E-state index contributed by atoms with van der Waals surface area (Å²) in [5, 5.41) is 0. The topological polar surface area (TPSA) is 35.2 Å². The summed E-state index contributed by atoms with van der Waals surface area (Å²) in [6.45, 7) is 6.35. The standard InChI is InChI=1S/C12H25NO/c1-10(2)11(9-13)5-3-6-12-7-4-8-14-12/h10-12H,3-9,13H2,1-2H3. The van der Waals surface area contributed by atoms with Crippen LogP contribution in [0.25, 0.3) is 0 Å². The van der Waals surface area contributed by atoms with E-state index in [0.717, 1.165) is 19.1 Å². The Labute approximate surface area is 88.2 Å². The first-order chi connectivity index (χ1) is 6.74. The summed E-state index contributed by atoms with van der Waals surface area (Å²) in [4.78, 5) is 0. The zero-order valence-electron chi connectivity index (χ0n) is 9.67. The third-order valence-electron chi connectivity index (χ3n) is 3.37. The molecular formula is C12H25NO. The summed E-state index contributed by atoms with van der Waals surface area (Å²) in [6.07, 6.45) is 6.88. The number of hydrogen-bond donors (Lipinski definition) is 1. The van der Waals surface area contributed by atoms with Crippen LogP contribution in [0.15, 0.2) is 0 Å². The zero-order valence-corrected chi connectivity index (χ0v) is 9.67. The molecule has 0 aromatic heterocycles. The summed E-state index contributed by atoms with van der Waals surface area (Å²) >= 11 is 0. The Morgan fingerprint density at radius 2 is 2.21 bits per heavy atom. The van der Waals surface area contributed by atoms with Gasteiger partial charge >= 0.3 is 0 Å². The second kappa shape index (κ2) is 6.41. The van der Waals surface area contributed by atoms with E-state index in [0.29, 0.717) is 12.0 Å². The van der Waals surface area contributed by atoms with Crippen molar-refractivity contribution in [1.29, 1.82) is 0 Å². The van der Waals surface area contributed by atoms with Gasteiger partial charge in [-0.1, -0.05) is 20.3 Å². The Kier molecular flexibility index (Phi) is 5.49. The van der Waals surface area contributed by atoms with Crippen molar-refractivity contribution in [2.24, 2.45) is 17.6 Å². The smallest absolute Gasteiger partial charge is 0.0576 e. The lowest BCUT2D eigenvalue weighted by molar-refractivity contribution is 0.1000. The Balaban J connectivity index is 2.06. The molecule has 0 amide bonds. The lowest BCUT2D eigenvalue weighted by Crippen LogP contribution is -2.20. The van der Waals surface area contributed by atoms with Crippen LogP contribution in [0.2, 0.25) is 0 Å². The van der Waals surface area contributed by atoms with Crippen LogP contribution < -0.4 is 5.73 Å². The highest BCUT2D eigenvalue weighted by atomic mass is 16.5. The summed E-state index contributed by atoms with van der Waals surface area (Å²) in [5.41, 5.74) is 5.74. The van der Waals surface area contributed by atoms with Gasteiger partial charge in [0, 0.05) is 6.61 Å². The molecular weight excluding hydrogens is 174 g/mol. The van der Waals surface area contributed by atoms with Crippen LogP contribution in [0.4, 0.5) is 0 Å². The van der Waals surface area contributed by atoms with E-state index in [2.05, 4.69) is 13.8 Å². The number of hydrogen-bond acceptors (Lipinski definition) is 2. The Morgan fingerprint density at radius 3 is 2.71 bits per heavy atom. The fourth-order valence-electron chi connectivity index (χ4n) is 2.20. The Morgan fingerprint density at radius 1 is 1.43 bits per heavy atom.